The van der Waals surface area contributed by atoms with Crippen molar-refractivity contribution >= 4 is 45.4 Å². The quantitative estimate of drug-likeness (QED) is 0.277. The number of aromatic hydroxyl groups is 2. The Balaban J connectivity index is 1.83. The second-order valence-electron chi connectivity index (χ2n) is 5.84. The van der Waals surface area contributed by atoms with Crippen LogP contribution < -0.4 is 10.9 Å². The van der Waals surface area contributed by atoms with Gasteiger partial charge in [0.05, 0.1) is 22.3 Å². The van der Waals surface area contributed by atoms with Gasteiger partial charge in [0.2, 0.25) is 5.43 Å². The number of benzene rings is 3. The van der Waals surface area contributed by atoms with Gasteiger partial charge in [0.25, 0.3) is 0 Å². The second kappa shape index (κ2) is 6.66. The van der Waals surface area contributed by atoms with Crippen LogP contribution in [0.4, 0.5) is 5.69 Å². The molecule has 7 heteroatoms. The van der Waals surface area contributed by atoms with Gasteiger partial charge < -0.3 is 14.6 Å². The number of phenols is 2. The molecule has 0 bridgehead atoms. The van der Waals surface area contributed by atoms with Crippen LogP contribution >= 0.6 is 11.6 Å². The summed E-state index contributed by atoms with van der Waals surface area (Å²) < 4.78 is 5.78. The third-order valence-electron chi connectivity index (χ3n) is 4.06. The Labute approximate surface area is 157 Å². The predicted molar refractivity (Wildman–Crippen MR) is 106 cm³/mol. The molecule has 0 fully saturated rings. The molecule has 6 nitrogen and oxygen atoms in total. The highest BCUT2D eigenvalue weighted by molar-refractivity contribution is 6.33. The molecule has 134 valence electrons. The molecule has 0 aliphatic carbocycles. The number of para-hydroxylation sites is 2. The van der Waals surface area contributed by atoms with Crippen LogP contribution in [0.5, 0.6) is 11.5 Å². The number of phenolic OH excluding ortho intramolecular Hbond substituents is 2. The molecule has 4 rings (SSSR count). The summed E-state index contributed by atoms with van der Waals surface area (Å²) in [5, 5.41) is 24.6. The molecule has 0 atom stereocenters. The van der Waals surface area contributed by atoms with E-state index in [9.17, 15) is 15.0 Å². The van der Waals surface area contributed by atoms with Crippen molar-refractivity contribution in [1.29, 1.82) is 0 Å². The van der Waals surface area contributed by atoms with Gasteiger partial charge in [-0.1, -0.05) is 29.8 Å². The summed E-state index contributed by atoms with van der Waals surface area (Å²) in [7, 11) is 0. The molecule has 0 aliphatic rings. The minimum Gasteiger partial charge on any atom is -0.508 e. The third-order valence-corrected chi connectivity index (χ3v) is 4.39. The molecule has 0 unspecified atom stereocenters. The van der Waals surface area contributed by atoms with Crippen molar-refractivity contribution in [3.05, 3.63) is 75.4 Å². The third kappa shape index (κ3) is 3.07. The number of halogens is 1. The summed E-state index contributed by atoms with van der Waals surface area (Å²) in [6, 6.07) is 14.6. The van der Waals surface area contributed by atoms with Gasteiger partial charge in [0.15, 0.2) is 0 Å². The number of hydrogen-bond donors (Lipinski definition) is 3. The van der Waals surface area contributed by atoms with Gasteiger partial charge in [-0.15, -0.1) is 0 Å². The highest BCUT2D eigenvalue weighted by atomic mass is 35.5. The lowest BCUT2D eigenvalue weighted by molar-refractivity contribution is 0.453. The second-order valence-corrected chi connectivity index (χ2v) is 6.25. The number of fused-ring (bicyclic) bond motifs is 2. The first-order valence-corrected chi connectivity index (χ1v) is 8.37. The van der Waals surface area contributed by atoms with Gasteiger partial charge in [-0.2, -0.15) is 5.10 Å². The van der Waals surface area contributed by atoms with Crippen LogP contribution in [0.25, 0.3) is 21.9 Å². The monoisotopic (exact) mass is 380 g/mol. The summed E-state index contributed by atoms with van der Waals surface area (Å²) in [5.41, 5.74) is 4.01. The number of anilines is 1. The number of hydrazone groups is 1. The van der Waals surface area contributed by atoms with E-state index in [4.69, 9.17) is 16.0 Å². The molecule has 0 radical (unpaired) electrons. The zero-order valence-electron chi connectivity index (χ0n) is 13.8. The molecule has 1 heterocycles. The van der Waals surface area contributed by atoms with Crippen molar-refractivity contribution in [3.63, 3.8) is 0 Å². The van der Waals surface area contributed by atoms with Crippen molar-refractivity contribution in [2.45, 2.75) is 0 Å². The zero-order chi connectivity index (χ0) is 19.0. The van der Waals surface area contributed by atoms with Gasteiger partial charge in [-0.05, 0) is 24.3 Å². The summed E-state index contributed by atoms with van der Waals surface area (Å²) in [6.45, 7) is 0. The van der Waals surface area contributed by atoms with Crippen molar-refractivity contribution in [2.75, 3.05) is 5.43 Å². The van der Waals surface area contributed by atoms with Gasteiger partial charge >= 0.3 is 0 Å². The lowest BCUT2D eigenvalue weighted by Crippen LogP contribution is -2.04. The fraction of sp³-hybridized carbons (Fsp3) is 0. The van der Waals surface area contributed by atoms with Crippen molar-refractivity contribution in [1.82, 2.24) is 0 Å². The molecule has 0 saturated heterocycles. The van der Waals surface area contributed by atoms with Crippen LogP contribution in [-0.2, 0) is 0 Å². The van der Waals surface area contributed by atoms with E-state index in [2.05, 4.69) is 10.5 Å². The van der Waals surface area contributed by atoms with E-state index in [0.29, 0.717) is 27.2 Å². The van der Waals surface area contributed by atoms with Crippen molar-refractivity contribution in [3.8, 4) is 11.5 Å². The minimum atomic E-state index is -0.391. The van der Waals surface area contributed by atoms with E-state index < -0.39 is 5.43 Å². The Morgan fingerprint density at radius 2 is 1.89 bits per heavy atom. The first-order valence-electron chi connectivity index (χ1n) is 8.00. The lowest BCUT2D eigenvalue weighted by atomic mass is 10.1. The Morgan fingerprint density at radius 1 is 1.07 bits per heavy atom. The molecule has 3 N–H and O–H groups in total. The number of nitrogens with zero attached hydrogens (tertiary/aromatic N) is 1. The molecule has 27 heavy (non-hydrogen) atoms. The van der Waals surface area contributed by atoms with Crippen LogP contribution in [0.1, 0.15) is 5.56 Å². The maximum atomic E-state index is 12.7. The molecule has 0 saturated carbocycles. The predicted octanol–water partition coefficient (Wildman–Crippen LogP) is 4.46. The minimum absolute atomic E-state index is 0.0172. The summed E-state index contributed by atoms with van der Waals surface area (Å²) >= 11 is 6.07. The summed E-state index contributed by atoms with van der Waals surface area (Å²) in [4.78, 5) is 12.7. The molecular formula is C20H13ClN2O4. The van der Waals surface area contributed by atoms with Crippen molar-refractivity contribution < 1.29 is 14.6 Å². The maximum absolute atomic E-state index is 12.7. The molecule has 0 amide bonds. The van der Waals surface area contributed by atoms with E-state index in [-0.39, 0.29) is 22.5 Å². The van der Waals surface area contributed by atoms with Gasteiger partial charge in [-0.3, -0.25) is 10.2 Å². The van der Waals surface area contributed by atoms with E-state index in [1.165, 1.54) is 12.3 Å². The van der Waals surface area contributed by atoms with Crippen LogP contribution in [0.15, 0.2) is 68.9 Å². The van der Waals surface area contributed by atoms with Crippen LogP contribution in [0, 0.1) is 0 Å². The van der Waals surface area contributed by atoms with Crippen LogP contribution in [0.2, 0.25) is 5.02 Å². The molecule has 0 aliphatic heterocycles. The lowest BCUT2D eigenvalue weighted by Gasteiger charge is -2.06. The highest BCUT2D eigenvalue weighted by Crippen LogP contribution is 2.30. The average Bonchev–Trinajstić information content (AvgIpc) is 2.63. The largest absolute Gasteiger partial charge is 0.508 e. The van der Waals surface area contributed by atoms with E-state index in [0.717, 1.165) is 6.07 Å². The number of nitrogens with one attached hydrogen (secondary N) is 1. The molecular weight excluding hydrogens is 368 g/mol. The normalized spacial score (nSPS) is 11.4. The SMILES string of the molecule is O=c1c2cccc(/C=N/Nc3ccccc3Cl)c2oc2cc(O)cc(O)c12. The summed E-state index contributed by atoms with van der Waals surface area (Å²) in [6.07, 6.45) is 1.50. The Kier molecular flexibility index (Phi) is 4.18. The van der Waals surface area contributed by atoms with Crippen LogP contribution in [0.3, 0.4) is 0 Å². The highest BCUT2D eigenvalue weighted by Gasteiger charge is 2.14. The Hall–Kier alpha value is -3.51. The molecule has 0 spiro atoms. The molecule has 3 aromatic carbocycles. The Morgan fingerprint density at radius 3 is 2.70 bits per heavy atom. The van der Waals surface area contributed by atoms with E-state index in [1.807, 2.05) is 12.1 Å². The average molecular weight is 381 g/mol. The standard InChI is InChI=1S/C20H13ClN2O4/c21-14-6-1-2-7-15(14)23-22-10-11-4-3-5-13-19(26)18-16(25)8-12(24)9-17(18)27-20(11)13/h1-10,23-25H/b22-10+. The smallest absolute Gasteiger partial charge is 0.204 e. The Bertz CT molecular complexity index is 1260. The first kappa shape index (κ1) is 16.9. The summed E-state index contributed by atoms with van der Waals surface area (Å²) in [5.74, 6) is -0.533. The zero-order valence-corrected chi connectivity index (χ0v) is 14.6. The molecule has 1 aromatic heterocycles. The van der Waals surface area contributed by atoms with Crippen molar-refractivity contribution in [2.24, 2.45) is 5.10 Å². The fourth-order valence-corrected chi connectivity index (χ4v) is 2.99. The molecule has 4 aromatic rings. The number of hydrogen-bond acceptors (Lipinski definition) is 6. The first-order chi connectivity index (χ1) is 13.0. The van der Waals surface area contributed by atoms with E-state index >= 15 is 0 Å². The van der Waals surface area contributed by atoms with Gasteiger partial charge in [0, 0.05) is 17.7 Å². The van der Waals surface area contributed by atoms with Gasteiger partial charge in [0.1, 0.15) is 28.1 Å². The maximum Gasteiger partial charge on any atom is 0.204 e. The number of rotatable bonds is 3. The van der Waals surface area contributed by atoms with E-state index in [1.54, 1.807) is 30.3 Å². The van der Waals surface area contributed by atoms with Crippen LogP contribution in [-0.4, -0.2) is 16.4 Å². The topological polar surface area (TPSA) is 95.1 Å². The fourth-order valence-electron chi connectivity index (χ4n) is 2.81. The van der Waals surface area contributed by atoms with Gasteiger partial charge in [-0.25, -0.2) is 0 Å².